The third-order valence-electron chi connectivity index (χ3n) is 4.77. The van der Waals surface area contributed by atoms with Crippen LogP contribution >= 0.6 is 0 Å². The lowest BCUT2D eigenvalue weighted by atomic mass is 10.1. The van der Waals surface area contributed by atoms with Gasteiger partial charge in [0, 0.05) is 29.1 Å². The van der Waals surface area contributed by atoms with E-state index < -0.39 is 0 Å². The van der Waals surface area contributed by atoms with E-state index in [1.54, 1.807) is 22.7 Å². The van der Waals surface area contributed by atoms with Crippen molar-refractivity contribution < 1.29 is 9.18 Å². The Morgan fingerprint density at radius 1 is 1.14 bits per heavy atom. The first-order valence-electron chi connectivity index (χ1n) is 9.05. The van der Waals surface area contributed by atoms with E-state index in [2.05, 4.69) is 20.4 Å². The minimum absolute atomic E-state index is 0.278. The summed E-state index contributed by atoms with van der Waals surface area (Å²) in [5.74, 6) is -0.172. The maximum Gasteiger partial charge on any atom is 0.261 e. The molecule has 28 heavy (non-hydrogen) atoms. The van der Waals surface area contributed by atoms with E-state index in [0.717, 1.165) is 24.1 Å². The number of pyridine rings is 1. The highest BCUT2D eigenvalue weighted by Crippen LogP contribution is 2.39. The fourth-order valence-corrected chi connectivity index (χ4v) is 3.15. The molecular formula is C21H16FN5O. The van der Waals surface area contributed by atoms with Gasteiger partial charge in [-0.25, -0.2) is 13.9 Å². The van der Waals surface area contributed by atoms with Crippen LogP contribution < -0.4 is 5.32 Å². The summed E-state index contributed by atoms with van der Waals surface area (Å²) >= 11 is 0. The molecule has 1 amide bonds. The second kappa shape index (κ2) is 6.53. The van der Waals surface area contributed by atoms with Crippen LogP contribution in [0.2, 0.25) is 0 Å². The van der Waals surface area contributed by atoms with Crippen LogP contribution in [0.3, 0.4) is 0 Å². The SMILES string of the molecule is O=C(Nc1cccc(-c2ccc(F)cn2)c1)c1cnn2ccc(C3CC3)nc12. The third-order valence-corrected chi connectivity index (χ3v) is 4.77. The monoisotopic (exact) mass is 373 g/mol. The molecule has 0 spiro atoms. The van der Waals surface area contributed by atoms with Crippen molar-refractivity contribution in [2.75, 3.05) is 5.32 Å². The Hall–Kier alpha value is -3.61. The second-order valence-corrected chi connectivity index (χ2v) is 6.85. The summed E-state index contributed by atoms with van der Waals surface area (Å²) in [4.78, 5) is 21.5. The van der Waals surface area contributed by atoms with E-state index in [4.69, 9.17) is 0 Å². The van der Waals surface area contributed by atoms with Gasteiger partial charge in [-0.05, 0) is 43.2 Å². The molecule has 7 heteroatoms. The lowest BCUT2D eigenvalue weighted by molar-refractivity contribution is 0.102. The highest BCUT2D eigenvalue weighted by Gasteiger charge is 2.26. The Morgan fingerprint density at radius 2 is 2.04 bits per heavy atom. The van der Waals surface area contributed by atoms with Crippen molar-refractivity contribution >= 4 is 17.2 Å². The Kier molecular flexibility index (Phi) is 3.86. The number of anilines is 1. The predicted octanol–water partition coefficient (Wildman–Crippen LogP) is 4.06. The Bertz CT molecular complexity index is 1180. The van der Waals surface area contributed by atoms with Crippen LogP contribution in [0.25, 0.3) is 16.9 Å². The molecule has 0 radical (unpaired) electrons. The van der Waals surface area contributed by atoms with Crippen molar-refractivity contribution in [1.29, 1.82) is 0 Å². The molecule has 1 saturated carbocycles. The van der Waals surface area contributed by atoms with E-state index in [9.17, 15) is 9.18 Å². The smallest absolute Gasteiger partial charge is 0.261 e. The zero-order valence-electron chi connectivity index (χ0n) is 14.8. The highest BCUT2D eigenvalue weighted by molar-refractivity contribution is 6.08. The number of benzene rings is 1. The summed E-state index contributed by atoms with van der Waals surface area (Å²) in [5, 5.41) is 7.11. The van der Waals surface area contributed by atoms with E-state index in [-0.39, 0.29) is 11.7 Å². The minimum atomic E-state index is -0.389. The quantitative estimate of drug-likeness (QED) is 0.586. The fraction of sp³-hybridized carbons (Fsp3) is 0.143. The number of aromatic nitrogens is 4. The summed E-state index contributed by atoms with van der Waals surface area (Å²) in [5.41, 5.74) is 4.01. The van der Waals surface area contributed by atoms with Gasteiger partial charge in [-0.1, -0.05) is 12.1 Å². The topological polar surface area (TPSA) is 72.2 Å². The maximum absolute atomic E-state index is 13.1. The van der Waals surface area contributed by atoms with Gasteiger partial charge in [-0.2, -0.15) is 5.10 Å². The van der Waals surface area contributed by atoms with E-state index >= 15 is 0 Å². The van der Waals surface area contributed by atoms with Crippen molar-refractivity contribution in [3.63, 3.8) is 0 Å². The standard InChI is InChI=1S/C21H16FN5O/c22-15-6-7-18(23-11-15)14-2-1-3-16(10-14)25-21(28)17-12-24-27-9-8-19(13-4-5-13)26-20(17)27/h1-3,6-13H,4-5H2,(H,25,28). The first-order valence-corrected chi connectivity index (χ1v) is 9.05. The molecule has 0 saturated heterocycles. The van der Waals surface area contributed by atoms with Crippen LogP contribution in [-0.4, -0.2) is 25.5 Å². The Morgan fingerprint density at radius 3 is 2.82 bits per heavy atom. The molecule has 1 aliphatic carbocycles. The van der Waals surface area contributed by atoms with Gasteiger partial charge in [0.15, 0.2) is 5.65 Å². The van der Waals surface area contributed by atoms with Gasteiger partial charge in [-0.15, -0.1) is 0 Å². The Balaban J connectivity index is 1.42. The van der Waals surface area contributed by atoms with Crippen molar-refractivity contribution in [3.8, 4) is 11.3 Å². The van der Waals surface area contributed by atoms with Gasteiger partial charge < -0.3 is 5.32 Å². The molecule has 5 rings (SSSR count). The van der Waals surface area contributed by atoms with E-state index in [0.29, 0.717) is 28.5 Å². The first kappa shape index (κ1) is 16.6. The number of carbonyl (C=O) groups excluding carboxylic acids is 1. The number of nitrogens with one attached hydrogen (secondary N) is 1. The summed E-state index contributed by atoms with van der Waals surface area (Å²) in [6.07, 6.45) is 6.82. The van der Waals surface area contributed by atoms with Gasteiger partial charge >= 0.3 is 0 Å². The Labute approximate surface area is 160 Å². The van der Waals surface area contributed by atoms with Crippen molar-refractivity contribution in [1.82, 2.24) is 19.6 Å². The molecular weight excluding hydrogens is 357 g/mol. The van der Waals surface area contributed by atoms with Gasteiger partial charge in [0.25, 0.3) is 5.91 Å². The molecule has 6 nitrogen and oxygen atoms in total. The number of hydrogen-bond acceptors (Lipinski definition) is 4. The number of amides is 1. The number of nitrogens with zero attached hydrogens (tertiary/aromatic N) is 4. The van der Waals surface area contributed by atoms with Crippen LogP contribution in [-0.2, 0) is 0 Å². The summed E-state index contributed by atoms with van der Waals surface area (Å²) < 4.78 is 14.7. The molecule has 1 N–H and O–H groups in total. The van der Waals surface area contributed by atoms with Gasteiger partial charge in [0.2, 0.25) is 0 Å². The molecule has 3 heterocycles. The number of rotatable bonds is 4. The predicted molar refractivity (Wildman–Crippen MR) is 103 cm³/mol. The summed E-state index contributed by atoms with van der Waals surface area (Å²) in [6, 6.07) is 12.2. The van der Waals surface area contributed by atoms with Crippen molar-refractivity contribution in [3.05, 3.63) is 78.1 Å². The normalized spacial score (nSPS) is 13.6. The highest BCUT2D eigenvalue weighted by atomic mass is 19.1. The van der Waals surface area contributed by atoms with E-state index in [1.165, 1.54) is 18.5 Å². The van der Waals surface area contributed by atoms with Crippen molar-refractivity contribution in [2.24, 2.45) is 0 Å². The van der Waals surface area contributed by atoms with Gasteiger partial charge in [0.1, 0.15) is 11.4 Å². The summed E-state index contributed by atoms with van der Waals surface area (Å²) in [6.45, 7) is 0. The van der Waals surface area contributed by atoms with Gasteiger partial charge in [0.05, 0.1) is 18.1 Å². The number of carbonyl (C=O) groups is 1. The largest absolute Gasteiger partial charge is 0.322 e. The average Bonchev–Trinajstić information content (AvgIpc) is 3.47. The molecule has 0 atom stereocenters. The number of fused-ring (bicyclic) bond motifs is 1. The molecule has 0 bridgehead atoms. The average molecular weight is 373 g/mol. The molecule has 0 aliphatic heterocycles. The fourth-order valence-electron chi connectivity index (χ4n) is 3.15. The third kappa shape index (κ3) is 3.11. The molecule has 1 aromatic carbocycles. The molecule has 1 fully saturated rings. The minimum Gasteiger partial charge on any atom is -0.322 e. The lowest BCUT2D eigenvalue weighted by Gasteiger charge is -2.07. The van der Waals surface area contributed by atoms with Crippen LogP contribution in [0.15, 0.2) is 61.1 Å². The molecule has 0 unspecified atom stereocenters. The zero-order chi connectivity index (χ0) is 19.1. The molecule has 1 aliphatic rings. The van der Waals surface area contributed by atoms with Crippen LogP contribution in [0.1, 0.15) is 34.8 Å². The number of hydrogen-bond donors (Lipinski definition) is 1. The van der Waals surface area contributed by atoms with Crippen molar-refractivity contribution in [2.45, 2.75) is 18.8 Å². The van der Waals surface area contributed by atoms with Crippen LogP contribution in [0.5, 0.6) is 0 Å². The second-order valence-electron chi connectivity index (χ2n) is 6.85. The molecule has 3 aromatic heterocycles. The van der Waals surface area contributed by atoms with Gasteiger partial charge in [-0.3, -0.25) is 9.78 Å². The summed E-state index contributed by atoms with van der Waals surface area (Å²) in [7, 11) is 0. The van der Waals surface area contributed by atoms with Crippen LogP contribution in [0.4, 0.5) is 10.1 Å². The maximum atomic E-state index is 13.1. The lowest BCUT2D eigenvalue weighted by Crippen LogP contribution is -2.12. The zero-order valence-corrected chi connectivity index (χ0v) is 14.8. The van der Waals surface area contributed by atoms with Crippen LogP contribution in [0, 0.1) is 5.82 Å². The van der Waals surface area contributed by atoms with E-state index in [1.807, 2.05) is 24.4 Å². The molecule has 4 aromatic rings. The first-order chi connectivity index (χ1) is 13.7. The number of halogens is 1. The molecule has 138 valence electrons.